The third kappa shape index (κ3) is 1.14. The van der Waals surface area contributed by atoms with E-state index in [1.807, 2.05) is 20.8 Å². The zero-order valence-electron chi connectivity index (χ0n) is 7.39. The van der Waals surface area contributed by atoms with E-state index in [4.69, 9.17) is 5.26 Å². The van der Waals surface area contributed by atoms with E-state index in [0.29, 0.717) is 0 Å². The summed E-state index contributed by atoms with van der Waals surface area (Å²) in [4.78, 5) is 0. The van der Waals surface area contributed by atoms with E-state index >= 15 is 0 Å². The van der Waals surface area contributed by atoms with Crippen LogP contribution in [0.3, 0.4) is 0 Å². The Morgan fingerprint density at radius 2 is 2.00 bits per heavy atom. The minimum atomic E-state index is -0.634. The quantitative estimate of drug-likeness (QED) is 0.575. The van der Waals surface area contributed by atoms with Crippen LogP contribution in [0.4, 0.5) is 0 Å². The molecular formula is C9H15NO. The summed E-state index contributed by atoms with van der Waals surface area (Å²) in [7, 11) is 0. The van der Waals surface area contributed by atoms with E-state index in [-0.39, 0.29) is 11.3 Å². The molecule has 3 atom stereocenters. The molecule has 0 spiro atoms. The Labute approximate surface area is 67.8 Å². The number of aliphatic hydroxyl groups is 1. The second-order valence-corrected chi connectivity index (χ2v) is 4.11. The Hall–Kier alpha value is -0.550. The van der Waals surface area contributed by atoms with Gasteiger partial charge in [0.15, 0.2) is 0 Å². The molecule has 1 aliphatic carbocycles. The second-order valence-electron chi connectivity index (χ2n) is 4.11. The van der Waals surface area contributed by atoms with E-state index < -0.39 is 5.60 Å². The van der Waals surface area contributed by atoms with Gasteiger partial charge in [0, 0.05) is 5.92 Å². The fourth-order valence-electron chi connectivity index (χ4n) is 1.78. The molecule has 1 rings (SSSR count). The maximum absolute atomic E-state index is 9.78. The van der Waals surface area contributed by atoms with Crippen molar-refractivity contribution in [3.05, 3.63) is 0 Å². The van der Waals surface area contributed by atoms with Crippen molar-refractivity contribution < 1.29 is 5.11 Å². The van der Waals surface area contributed by atoms with Crippen LogP contribution in [0.2, 0.25) is 0 Å². The van der Waals surface area contributed by atoms with Crippen LogP contribution in [0.25, 0.3) is 0 Å². The van der Waals surface area contributed by atoms with Gasteiger partial charge >= 0.3 is 0 Å². The third-order valence-electron chi connectivity index (χ3n) is 3.29. The molecule has 1 N–H and O–H groups in total. The van der Waals surface area contributed by atoms with E-state index in [2.05, 4.69) is 6.07 Å². The van der Waals surface area contributed by atoms with Crippen molar-refractivity contribution in [3.8, 4) is 6.07 Å². The highest BCUT2D eigenvalue weighted by molar-refractivity contribution is 5.09. The molecule has 2 nitrogen and oxygen atoms in total. The minimum Gasteiger partial charge on any atom is -0.390 e. The lowest BCUT2D eigenvalue weighted by Gasteiger charge is -2.28. The first-order chi connectivity index (χ1) is 4.92. The third-order valence-corrected chi connectivity index (χ3v) is 3.29. The molecule has 0 heterocycles. The predicted octanol–water partition coefficient (Wildman–Crippen LogP) is 1.70. The van der Waals surface area contributed by atoms with Gasteiger partial charge in [-0.15, -0.1) is 0 Å². The summed E-state index contributed by atoms with van der Waals surface area (Å²) in [5.41, 5.74) is -0.950. The summed E-state index contributed by atoms with van der Waals surface area (Å²) in [6.45, 7) is 5.70. The van der Waals surface area contributed by atoms with Gasteiger partial charge in [0.05, 0.1) is 17.1 Å². The summed E-state index contributed by atoms with van der Waals surface area (Å²) < 4.78 is 0. The normalized spacial score (nSPS) is 50.6. The molecule has 62 valence electrons. The number of rotatable bonds is 0. The first-order valence-corrected chi connectivity index (χ1v) is 4.06. The zero-order valence-corrected chi connectivity index (χ0v) is 7.39. The molecule has 0 saturated heterocycles. The van der Waals surface area contributed by atoms with Crippen LogP contribution in [0, 0.1) is 22.7 Å². The van der Waals surface area contributed by atoms with Gasteiger partial charge in [-0.3, -0.25) is 0 Å². The standard InChI is InChI=1S/C9H15NO/c1-7-8(2,6-10)4-5-9(7,3)11/h7,11H,4-5H2,1-3H3/t7-,8+,9+/m1/s1. The van der Waals surface area contributed by atoms with E-state index in [1.165, 1.54) is 0 Å². The lowest BCUT2D eigenvalue weighted by molar-refractivity contribution is 0.0114. The molecule has 11 heavy (non-hydrogen) atoms. The predicted molar refractivity (Wildman–Crippen MR) is 42.7 cm³/mol. The molecule has 0 aromatic heterocycles. The summed E-state index contributed by atoms with van der Waals surface area (Å²) in [5, 5.41) is 18.6. The van der Waals surface area contributed by atoms with E-state index in [0.717, 1.165) is 12.8 Å². The molecule has 0 amide bonds. The second kappa shape index (κ2) is 2.22. The summed E-state index contributed by atoms with van der Waals surface area (Å²) >= 11 is 0. The van der Waals surface area contributed by atoms with Gasteiger partial charge in [-0.25, -0.2) is 0 Å². The lowest BCUT2D eigenvalue weighted by atomic mass is 9.78. The molecule has 0 unspecified atom stereocenters. The molecule has 1 fully saturated rings. The summed E-state index contributed by atoms with van der Waals surface area (Å²) in [6, 6.07) is 2.29. The number of nitrogens with zero attached hydrogens (tertiary/aromatic N) is 1. The molecule has 0 aromatic rings. The van der Waals surface area contributed by atoms with Crippen molar-refractivity contribution in [2.45, 2.75) is 39.2 Å². The lowest BCUT2D eigenvalue weighted by Crippen LogP contribution is -2.33. The summed E-state index contributed by atoms with van der Waals surface area (Å²) in [6.07, 6.45) is 1.57. The first-order valence-electron chi connectivity index (χ1n) is 4.06. The first kappa shape index (κ1) is 8.55. The van der Waals surface area contributed by atoms with Gasteiger partial charge in [-0.2, -0.15) is 5.26 Å². The van der Waals surface area contributed by atoms with E-state index in [1.54, 1.807) is 0 Å². The molecule has 1 saturated carbocycles. The van der Waals surface area contributed by atoms with Crippen LogP contribution >= 0.6 is 0 Å². The van der Waals surface area contributed by atoms with Crippen LogP contribution in [-0.4, -0.2) is 10.7 Å². The average Bonchev–Trinajstić information content (AvgIpc) is 2.16. The monoisotopic (exact) mass is 153 g/mol. The van der Waals surface area contributed by atoms with Gasteiger partial charge in [0.2, 0.25) is 0 Å². The van der Waals surface area contributed by atoms with Crippen LogP contribution in [0.5, 0.6) is 0 Å². The molecule has 1 aliphatic rings. The van der Waals surface area contributed by atoms with Gasteiger partial charge in [0.25, 0.3) is 0 Å². The Balaban J connectivity index is 2.89. The van der Waals surface area contributed by atoms with Crippen molar-refractivity contribution in [1.29, 1.82) is 5.26 Å². The molecular weight excluding hydrogens is 138 g/mol. The van der Waals surface area contributed by atoms with Gasteiger partial charge in [-0.05, 0) is 26.7 Å². The van der Waals surface area contributed by atoms with Crippen molar-refractivity contribution in [1.82, 2.24) is 0 Å². The smallest absolute Gasteiger partial charge is 0.0690 e. The molecule has 0 aliphatic heterocycles. The fraction of sp³-hybridized carbons (Fsp3) is 0.889. The van der Waals surface area contributed by atoms with Gasteiger partial charge in [0.1, 0.15) is 0 Å². The van der Waals surface area contributed by atoms with Crippen molar-refractivity contribution in [2.24, 2.45) is 11.3 Å². The van der Waals surface area contributed by atoms with E-state index in [9.17, 15) is 5.11 Å². The molecule has 0 aromatic carbocycles. The molecule has 0 bridgehead atoms. The Morgan fingerprint density at radius 1 is 1.45 bits per heavy atom. The van der Waals surface area contributed by atoms with Crippen LogP contribution in [0.1, 0.15) is 33.6 Å². The SMILES string of the molecule is C[C@H]1[C@@](C)(O)CC[C@@]1(C)C#N. The Kier molecular flexibility index (Phi) is 1.72. The number of hydrogen-bond acceptors (Lipinski definition) is 2. The Bertz CT molecular complexity index is 204. The largest absolute Gasteiger partial charge is 0.390 e. The van der Waals surface area contributed by atoms with Crippen molar-refractivity contribution >= 4 is 0 Å². The van der Waals surface area contributed by atoms with Crippen molar-refractivity contribution in [2.75, 3.05) is 0 Å². The van der Waals surface area contributed by atoms with Gasteiger partial charge < -0.3 is 5.11 Å². The maximum atomic E-state index is 9.78. The van der Waals surface area contributed by atoms with Crippen molar-refractivity contribution in [3.63, 3.8) is 0 Å². The van der Waals surface area contributed by atoms with Crippen LogP contribution in [-0.2, 0) is 0 Å². The highest BCUT2D eigenvalue weighted by atomic mass is 16.3. The average molecular weight is 153 g/mol. The highest BCUT2D eigenvalue weighted by Gasteiger charge is 2.48. The van der Waals surface area contributed by atoms with Gasteiger partial charge in [-0.1, -0.05) is 6.92 Å². The number of hydrogen-bond donors (Lipinski definition) is 1. The molecule has 2 heteroatoms. The van der Waals surface area contributed by atoms with Crippen LogP contribution < -0.4 is 0 Å². The molecule has 0 radical (unpaired) electrons. The Morgan fingerprint density at radius 3 is 2.18 bits per heavy atom. The number of nitriles is 1. The topological polar surface area (TPSA) is 44.0 Å². The fourth-order valence-corrected chi connectivity index (χ4v) is 1.78. The zero-order chi connectivity index (χ0) is 8.70. The maximum Gasteiger partial charge on any atom is 0.0690 e. The summed E-state index contributed by atoms with van der Waals surface area (Å²) in [5.74, 6) is 0.0833. The minimum absolute atomic E-state index is 0.0833. The van der Waals surface area contributed by atoms with Crippen LogP contribution in [0.15, 0.2) is 0 Å². The highest BCUT2D eigenvalue weighted by Crippen LogP contribution is 2.48.